The molecule has 1 aliphatic rings. The number of hydrogen-bond acceptors (Lipinski definition) is 4. The molecule has 5 nitrogen and oxygen atoms in total. The Bertz CT molecular complexity index is 529. The van der Waals surface area contributed by atoms with Gasteiger partial charge in [-0.25, -0.2) is 4.79 Å². The Morgan fingerprint density at radius 1 is 1.41 bits per heavy atom. The van der Waals surface area contributed by atoms with Crippen LogP contribution in [0.2, 0.25) is 5.02 Å². The number of aliphatic hydroxyl groups excluding tert-OH is 1. The third-order valence-electron chi connectivity index (χ3n) is 3.29. The van der Waals surface area contributed by atoms with Crippen molar-refractivity contribution >= 4 is 17.7 Å². The molecule has 22 heavy (non-hydrogen) atoms. The molecule has 0 bridgehead atoms. The normalized spacial score (nSPS) is 21.8. The number of ether oxygens (including phenoxy) is 2. The number of nitrogens with zero attached hydrogens (tertiary/aromatic N) is 1. The first-order valence-corrected chi connectivity index (χ1v) is 7.69. The van der Waals surface area contributed by atoms with Crippen LogP contribution in [0.5, 0.6) is 5.75 Å². The van der Waals surface area contributed by atoms with Crippen molar-refractivity contribution in [3.63, 3.8) is 0 Å². The van der Waals surface area contributed by atoms with E-state index in [9.17, 15) is 9.90 Å². The van der Waals surface area contributed by atoms with E-state index < -0.39 is 17.8 Å². The summed E-state index contributed by atoms with van der Waals surface area (Å²) < 4.78 is 11.1. The molecule has 0 spiro atoms. The van der Waals surface area contributed by atoms with Gasteiger partial charge in [-0.1, -0.05) is 23.7 Å². The quantitative estimate of drug-likeness (QED) is 0.926. The minimum atomic E-state index is -0.571. The summed E-state index contributed by atoms with van der Waals surface area (Å²) in [5.74, 6) is 0.565. The summed E-state index contributed by atoms with van der Waals surface area (Å²) in [6.45, 7) is 5.96. The second-order valence-electron chi connectivity index (χ2n) is 6.42. The van der Waals surface area contributed by atoms with Gasteiger partial charge in [0, 0.05) is 0 Å². The van der Waals surface area contributed by atoms with Gasteiger partial charge < -0.3 is 14.6 Å². The predicted octanol–water partition coefficient (Wildman–Crippen LogP) is 3.09. The number of para-hydroxylation sites is 1. The number of aliphatic hydroxyl groups is 1. The highest BCUT2D eigenvalue weighted by Crippen LogP contribution is 2.26. The molecule has 1 N–H and O–H groups in total. The van der Waals surface area contributed by atoms with Crippen molar-refractivity contribution in [2.45, 2.75) is 44.9 Å². The van der Waals surface area contributed by atoms with Gasteiger partial charge in [0.15, 0.2) is 0 Å². The number of likely N-dealkylation sites (tertiary alicyclic amines) is 1. The molecule has 2 atom stereocenters. The van der Waals surface area contributed by atoms with Crippen LogP contribution in [-0.4, -0.2) is 47.0 Å². The van der Waals surface area contributed by atoms with Gasteiger partial charge in [0.05, 0.1) is 23.7 Å². The summed E-state index contributed by atoms with van der Waals surface area (Å²) in [5, 5.41) is 10.4. The summed E-state index contributed by atoms with van der Waals surface area (Å²) in [7, 11) is 0. The van der Waals surface area contributed by atoms with Gasteiger partial charge in [0.25, 0.3) is 0 Å². The maximum absolute atomic E-state index is 12.2. The van der Waals surface area contributed by atoms with E-state index in [0.717, 1.165) is 0 Å². The maximum Gasteiger partial charge on any atom is 0.410 e. The Morgan fingerprint density at radius 3 is 2.73 bits per heavy atom. The van der Waals surface area contributed by atoms with E-state index in [0.29, 0.717) is 17.2 Å². The highest BCUT2D eigenvalue weighted by atomic mass is 35.5. The molecule has 1 aromatic carbocycles. The zero-order chi connectivity index (χ0) is 16.3. The second-order valence-corrected chi connectivity index (χ2v) is 6.82. The van der Waals surface area contributed by atoms with E-state index in [1.54, 1.807) is 12.1 Å². The number of halogens is 1. The first-order valence-electron chi connectivity index (χ1n) is 7.31. The summed E-state index contributed by atoms with van der Waals surface area (Å²) in [6, 6.07) is 6.93. The van der Waals surface area contributed by atoms with Crippen LogP contribution in [0.15, 0.2) is 24.3 Å². The monoisotopic (exact) mass is 327 g/mol. The minimum absolute atomic E-state index is 0.235. The molecule has 0 saturated carbocycles. The molecule has 2 rings (SSSR count). The lowest BCUT2D eigenvalue weighted by Crippen LogP contribution is -2.42. The first-order chi connectivity index (χ1) is 10.3. The SMILES string of the molecule is CC(C)(C)OC(=O)N1C[C@@H](O)C[C@@H]1COc1ccccc1Cl. The summed E-state index contributed by atoms with van der Waals surface area (Å²) in [5.41, 5.74) is -0.571. The van der Waals surface area contributed by atoms with E-state index in [1.807, 2.05) is 32.9 Å². The van der Waals surface area contributed by atoms with Crippen LogP contribution in [0.1, 0.15) is 27.2 Å². The van der Waals surface area contributed by atoms with Crippen LogP contribution >= 0.6 is 11.6 Å². The lowest BCUT2D eigenvalue weighted by Gasteiger charge is -2.28. The molecule has 0 radical (unpaired) electrons. The fourth-order valence-electron chi connectivity index (χ4n) is 2.34. The Hall–Kier alpha value is -1.46. The fourth-order valence-corrected chi connectivity index (χ4v) is 2.53. The first kappa shape index (κ1) is 16.9. The Morgan fingerprint density at radius 2 is 2.09 bits per heavy atom. The molecule has 0 aliphatic carbocycles. The molecule has 0 aromatic heterocycles. The van der Waals surface area contributed by atoms with E-state index >= 15 is 0 Å². The standard InChI is InChI=1S/C16H22ClNO4/c1-16(2,3)22-15(20)18-9-12(19)8-11(18)10-21-14-7-5-4-6-13(14)17/h4-7,11-12,19H,8-10H2,1-3H3/t11-,12+/m1/s1. The zero-order valence-electron chi connectivity index (χ0n) is 13.1. The van der Waals surface area contributed by atoms with Crippen LogP contribution in [0, 0.1) is 0 Å². The molecule has 1 aliphatic heterocycles. The molecular weight excluding hydrogens is 306 g/mol. The second kappa shape index (κ2) is 6.75. The third-order valence-corrected chi connectivity index (χ3v) is 3.60. The van der Waals surface area contributed by atoms with Crippen molar-refractivity contribution in [3.05, 3.63) is 29.3 Å². The highest BCUT2D eigenvalue weighted by Gasteiger charge is 2.37. The average Bonchev–Trinajstić information content (AvgIpc) is 2.77. The topological polar surface area (TPSA) is 59.0 Å². The maximum atomic E-state index is 12.2. The van der Waals surface area contributed by atoms with Gasteiger partial charge >= 0.3 is 6.09 Å². The van der Waals surface area contributed by atoms with Crippen molar-refractivity contribution < 1.29 is 19.4 Å². The smallest absolute Gasteiger partial charge is 0.410 e. The number of carbonyl (C=O) groups excluding carboxylic acids is 1. The summed E-state index contributed by atoms with van der Waals surface area (Å²) in [6.07, 6.45) is -0.534. The van der Waals surface area contributed by atoms with Crippen molar-refractivity contribution in [1.29, 1.82) is 0 Å². The van der Waals surface area contributed by atoms with Crippen LogP contribution < -0.4 is 4.74 Å². The largest absolute Gasteiger partial charge is 0.490 e. The van der Waals surface area contributed by atoms with Crippen molar-refractivity contribution in [2.75, 3.05) is 13.2 Å². The summed E-state index contributed by atoms with van der Waals surface area (Å²) in [4.78, 5) is 13.7. The van der Waals surface area contributed by atoms with E-state index in [-0.39, 0.29) is 19.2 Å². The Kier molecular flexibility index (Phi) is 5.19. The fraction of sp³-hybridized carbons (Fsp3) is 0.562. The van der Waals surface area contributed by atoms with E-state index in [4.69, 9.17) is 21.1 Å². The van der Waals surface area contributed by atoms with Gasteiger partial charge in [-0.2, -0.15) is 0 Å². The molecule has 0 unspecified atom stereocenters. The number of amides is 1. The van der Waals surface area contributed by atoms with Crippen LogP contribution in [-0.2, 0) is 4.74 Å². The van der Waals surface area contributed by atoms with Crippen molar-refractivity contribution in [2.24, 2.45) is 0 Å². The lowest BCUT2D eigenvalue weighted by molar-refractivity contribution is 0.0173. The molecule has 122 valence electrons. The molecule has 1 amide bonds. The van der Waals surface area contributed by atoms with Crippen molar-refractivity contribution in [1.82, 2.24) is 4.90 Å². The number of benzene rings is 1. The van der Waals surface area contributed by atoms with E-state index in [1.165, 1.54) is 4.90 Å². The van der Waals surface area contributed by atoms with Crippen molar-refractivity contribution in [3.8, 4) is 5.75 Å². The lowest BCUT2D eigenvalue weighted by atomic mass is 10.2. The predicted molar refractivity (Wildman–Crippen MR) is 84.3 cm³/mol. The molecule has 1 saturated heterocycles. The van der Waals surface area contributed by atoms with Gasteiger partial charge in [0.2, 0.25) is 0 Å². The number of β-amino-alcohol motifs (C(OH)–C–C–N with tert-alkyl or cyclic N) is 1. The number of hydrogen-bond donors (Lipinski definition) is 1. The molecule has 6 heteroatoms. The van der Waals surface area contributed by atoms with Gasteiger partial charge in [-0.15, -0.1) is 0 Å². The third kappa shape index (κ3) is 4.52. The number of rotatable bonds is 3. The molecule has 1 heterocycles. The van der Waals surface area contributed by atoms with Gasteiger partial charge in [0.1, 0.15) is 18.0 Å². The number of carbonyl (C=O) groups is 1. The van der Waals surface area contributed by atoms with E-state index in [2.05, 4.69) is 0 Å². The summed E-state index contributed by atoms with van der Waals surface area (Å²) >= 11 is 6.04. The molecular formula is C16H22ClNO4. The Balaban J connectivity index is 1.99. The van der Waals surface area contributed by atoms with Gasteiger partial charge in [-0.05, 0) is 39.3 Å². The van der Waals surface area contributed by atoms with Gasteiger partial charge in [-0.3, -0.25) is 4.90 Å². The Labute approximate surface area is 135 Å². The van der Waals surface area contributed by atoms with Crippen LogP contribution in [0.3, 0.4) is 0 Å². The highest BCUT2D eigenvalue weighted by molar-refractivity contribution is 6.32. The zero-order valence-corrected chi connectivity index (χ0v) is 13.8. The molecule has 1 aromatic rings. The molecule has 1 fully saturated rings. The van der Waals surface area contributed by atoms with Crippen LogP contribution in [0.4, 0.5) is 4.79 Å². The minimum Gasteiger partial charge on any atom is -0.490 e. The van der Waals surface area contributed by atoms with Crippen LogP contribution in [0.25, 0.3) is 0 Å². The average molecular weight is 328 g/mol.